The van der Waals surface area contributed by atoms with E-state index in [4.69, 9.17) is 0 Å². The second kappa shape index (κ2) is 22.1. The average molecular weight is 1010 g/mol. The summed E-state index contributed by atoms with van der Waals surface area (Å²) < 4.78 is 0. The number of nitrogens with zero attached hydrogens (tertiary/aromatic N) is 1. The Morgan fingerprint density at radius 3 is 0.456 bits per heavy atom. The van der Waals surface area contributed by atoms with Crippen molar-refractivity contribution in [2.75, 3.05) is 4.90 Å². The van der Waals surface area contributed by atoms with Gasteiger partial charge in [-0.1, -0.05) is 297 Å². The summed E-state index contributed by atoms with van der Waals surface area (Å²) in [5.74, 6) is 0. The highest BCUT2D eigenvalue weighted by Gasteiger charge is 2.17. The zero-order valence-corrected chi connectivity index (χ0v) is 43.7. The molecule has 79 heavy (non-hydrogen) atoms. The van der Waals surface area contributed by atoms with E-state index in [1.54, 1.807) is 0 Å². The van der Waals surface area contributed by atoms with Gasteiger partial charge in [-0.3, -0.25) is 0 Å². The van der Waals surface area contributed by atoms with E-state index in [2.05, 4.69) is 339 Å². The van der Waals surface area contributed by atoms with Crippen molar-refractivity contribution in [3.8, 4) is 111 Å². The lowest BCUT2D eigenvalue weighted by Gasteiger charge is -2.26. The predicted octanol–water partition coefficient (Wildman–Crippen LogP) is 21.8. The zero-order chi connectivity index (χ0) is 52.7. The van der Waals surface area contributed by atoms with Gasteiger partial charge in [0, 0.05) is 17.1 Å². The van der Waals surface area contributed by atoms with Gasteiger partial charge >= 0.3 is 0 Å². The number of anilines is 3. The van der Waals surface area contributed by atoms with Crippen LogP contribution < -0.4 is 4.90 Å². The van der Waals surface area contributed by atoms with Crippen LogP contribution in [0.25, 0.3) is 111 Å². The molecule has 0 radical (unpaired) electrons. The molecule has 13 rings (SSSR count). The molecule has 0 aromatic heterocycles. The maximum absolute atomic E-state index is 2.36. The molecule has 0 bridgehead atoms. The molecule has 0 unspecified atom stereocenters. The lowest BCUT2D eigenvalue weighted by molar-refractivity contribution is 1.28. The summed E-state index contributed by atoms with van der Waals surface area (Å²) in [5, 5.41) is 0. The zero-order valence-electron chi connectivity index (χ0n) is 43.7. The molecule has 0 fully saturated rings. The van der Waals surface area contributed by atoms with Gasteiger partial charge in [-0.15, -0.1) is 0 Å². The average Bonchev–Trinajstić information content (AvgIpc) is 3.55. The van der Waals surface area contributed by atoms with Crippen LogP contribution in [0, 0.1) is 0 Å². The third-order valence-corrected chi connectivity index (χ3v) is 15.2. The first kappa shape index (κ1) is 48.3. The summed E-state index contributed by atoms with van der Waals surface area (Å²) in [6.07, 6.45) is 0. The van der Waals surface area contributed by atoms with E-state index in [0.29, 0.717) is 0 Å². The molecule has 0 aliphatic carbocycles. The molecular formula is C78H55N. The summed E-state index contributed by atoms with van der Waals surface area (Å²) in [4.78, 5) is 2.36. The lowest BCUT2D eigenvalue weighted by Crippen LogP contribution is -2.09. The number of rotatable bonds is 13. The van der Waals surface area contributed by atoms with E-state index in [1.165, 1.54) is 100 Å². The van der Waals surface area contributed by atoms with Gasteiger partial charge < -0.3 is 4.90 Å². The van der Waals surface area contributed by atoms with E-state index in [0.717, 1.165) is 28.2 Å². The van der Waals surface area contributed by atoms with Crippen LogP contribution in [0.15, 0.2) is 334 Å². The standard InChI is InChI=1S/C78H55N/c1-4-14-56(15-5-1)59-24-30-62(31-25-59)65-36-40-68(41-37-65)75-20-10-12-22-77(75)70-46-52-73(53-47-70)79(72-50-44-67(45-51-72)64-34-28-61(29-35-64)58-18-8-3-9-19-58)74-54-48-71(49-55-74)78-23-13-11-21-76(78)69-42-38-66(39-43-69)63-32-26-60(27-33-63)57-16-6-2-7-17-57/h1-55H. The van der Waals surface area contributed by atoms with Gasteiger partial charge in [0.15, 0.2) is 0 Å². The molecular weight excluding hydrogens is 951 g/mol. The third kappa shape index (κ3) is 10.4. The number of hydrogen-bond donors (Lipinski definition) is 0. The predicted molar refractivity (Wildman–Crippen MR) is 335 cm³/mol. The van der Waals surface area contributed by atoms with Gasteiger partial charge in [-0.2, -0.15) is 0 Å². The van der Waals surface area contributed by atoms with Crippen LogP contribution in [0.1, 0.15) is 0 Å². The van der Waals surface area contributed by atoms with Crippen LogP contribution in [0.4, 0.5) is 17.1 Å². The monoisotopic (exact) mass is 1010 g/mol. The molecule has 372 valence electrons. The van der Waals surface area contributed by atoms with Crippen molar-refractivity contribution >= 4 is 17.1 Å². The Balaban J connectivity index is 0.792. The minimum absolute atomic E-state index is 1.08. The van der Waals surface area contributed by atoms with Gasteiger partial charge in [0.05, 0.1) is 0 Å². The van der Waals surface area contributed by atoms with E-state index in [9.17, 15) is 0 Å². The molecule has 0 spiro atoms. The van der Waals surface area contributed by atoms with E-state index < -0.39 is 0 Å². The van der Waals surface area contributed by atoms with Gasteiger partial charge in [0.2, 0.25) is 0 Å². The Hall–Kier alpha value is -10.3. The van der Waals surface area contributed by atoms with Crippen molar-refractivity contribution in [3.05, 3.63) is 334 Å². The molecule has 0 saturated heterocycles. The maximum atomic E-state index is 2.36. The van der Waals surface area contributed by atoms with Crippen LogP contribution in [0.2, 0.25) is 0 Å². The first-order valence-corrected chi connectivity index (χ1v) is 27.1. The van der Waals surface area contributed by atoms with E-state index in [1.807, 2.05) is 0 Å². The lowest BCUT2D eigenvalue weighted by atomic mass is 9.92. The van der Waals surface area contributed by atoms with Crippen LogP contribution in [0.3, 0.4) is 0 Å². The minimum Gasteiger partial charge on any atom is -0.311 e. The first-order valence-electron chi connectivity index (χ1n) is 27.1. The Kier molecular flexibility index (Phi) is 13.5. The molecule has 13 aromatic carbocycles. The highest BCUT2D eigenvalue weighted by molar-refractivity contribution is 5.89. The van der Waals surface area contributed by atoms with Crippen molar-refractivity contribution in [2.24, 2.45) is 0 Å². The van der Waals surface area contributed by atoms with Crippen LogP contribution in [-0.4, -0.2) is 0 Å². The molecule has 1 heteroatoms. The van der Waals surface area contributed by atoms with Crippen molar-refractivity contribution in [3.63, 3.8) is 0 Å². The Morgan fingerprint density at radius 2 is 0.253 bits per heavy atom. The Bertz CT molecular complexity index is 3900. The normalized spacial score (nSPS) is 11.0. The van der Waals surface area contributed by atoms with E-state index >= 15 is 0 Å². The molecule has 13 aromatic rings. The highest BCUT2D eigenvalue weighted by atomic mass is 15.1. The Morgan fingerprint density at radius 1 is 0.114 bits per heavy atom. The first-order chi connectivity index (χ1) is 39.1. The highest BCUT2D eigenvalue weighted by Crippen LogP contribution is 2.41. The summed E-state index contributed by atoms with van der Waals surface area (Å²) in [5.41, 5.74) is 27.2. The number of benzene rings is 13. The summed E-state index contributed by atoms with van der Waals surface area (Å²) in [7, 11) is 0. The second-order valence-electron chi connectivity index (χ2n) is 20.1. The quantitative estimate of drug-likeness (QED) is 0.111. The Labute approximate surface area is 464 Å². The second-order valence-corrected chi connectivity index (χ2v) is 20.1. The van der Waals surface area contributed by atoms with Gasteiger partial charge in [-0.25, -0.2) is 0 Å². The van der Waals surface area contributed by atoms with Crippen molar-refractivity contribution in [2.45, 2.75) is 0 Å². The molecule has 0 aliphatic rings. The van der Waals surface area contributed by atoms with Gasteiger partial charge in [0.25, 0.3) is 0 Å². The fraction of sp³-hybridized carbons (Fsp3) is 0. The van der Waals surface area contributed by atoms with Gasteiger partial charge in [-0.05, 0) is 148 Å². The SMILES string of the molecule is c1ccc(-c2ccc(-c3ccc(-c4ccccc4-c4ccc(N(c5ccc(-c6ccc(-c7ccccc7)cc6)cc5)c5ccc(-c6ccccc6-c6ccc(-c7ccc(-c8ccccc8)cc7)cc6)cc5)cc4)cc3)cc2)cc1. The summed E-state index contributed by atoms with van der Waals surface area (Å²) >= 11 is 0. The smallest absolute Gasteiger partial charge is 0.0462 e. The van der Waals surface area contributed by atoms with Crippen LogP contribution in [0.5, 0.6) is 0 Å². The van der Waals surface area contributed by atoms with Crippen LogP contribution in [-0.2, 0) is 0 Å². The largest absolute Gasteiger partial charge is 0.311 e. The fourth-order valence-corrected chi connectivity index (χ4v) is 10.9. The fourth-order valence-electron chi connectivity index (χ4n) is 10.9. The van der Waals surface area contributed by atoms with Crippen molar-refractivity contribution in [1.29, 1.82) is 0 Å². The molecule has 0 heterocycles. The minimum atomic E-state index is 1.08. The molecule has 0 N–H and O–H groups in total. The van der Waals surface area contributed by atoms with E-state index in [-0.39, 0.29) is 0 Å². The molecule has 0 saturated carbocycles. The molecule has 0 amide bonds. The molecule has 0 atom stereocenters. The van der Waals surface area contributed by atoms with Gasteiger partial charge in [0.1, 0.15) is 0 Å². The van der Waals surface area contributed by atoms with Crippen molar-refractivity contribution in [1.82, 2.24) is 0 Å². The topological polar surface area (TPSA) is 3.24 Å². The number of hydrogen-bond acceptors (Lipinski definition) is 1. The maximum Gasteiger partial charge on any atom is 0.0462 e. The summed E-state index contributed by atoms with van der Waals surface area (Å²) in [6.45, 7) is 0. The van der Waals surface area contributed by atoms with Crippen LogP contribution >= 0.6 is 0 Å². The molecule has 1 nitrogen and oxygen atoms in total. The third-order valence-electron chi connectivity index (χ3n) is 15.2. The molecule has 0 aliphatic heterocycles. The summed E-state index contributed by atoms with van der Waals surface area (Å²) in [6, 6.07) is 121. The van der Waals surface area contributed by atoms with Crippen molar-refractivity contribution < 1.29 is 0 Å².